The molecule has 2 rings (SSSR count). The van der Waals surface area contributed by atoms with Crippen molar-refractivity contribution in [3.8, 4) is 0 Å². The number of hydrogen-bond acceptors (Lipinski definition) is 2. The van der Waals surface area contributed by atoms with Crippen LogP contribution in [0.15, 0.2) is 12.1 Å². The second-order valence-electron chi connectivity index (χ2n) is 5.11. The van der Waals surface area contributed by atoms with Gasteiger partial charge in [-0.2, -0.15) is 0 Å². The fraction of sp³-hybridized carbons (Fsp3) is 0.467. The monoisotopic (exact) mass is 312 g/mol. The van der Waals surface area contributed by atoms with E-state index in [0.717, 1.165) is 0 Å². The highest BCUT2D eigenvalue weighted by atomic mass is 35.5. The maximum absolute atomic E-state index is 14.0. The molecule has 2 amide bonds. The van der Waals surface area contributed by atoms with Crippen LogP contribution >= 0.6 is 11.6 Å². The molecule has 1 atom stereocenters. The Hall–Kier alpha value is -1.62. The molecule has 0 aliphatic carbocycles. The topological polar surface area (TPSA) is 49.4 Å². The molecule has 0 bridgehead atoms. The standard InChI is InChI=1S/C15H18ClFN2O2/c1-3-19-12(6-7-13(19)20)15(21)18-8-10-11(16)5-4-9(2)14(10)17/h4-5,12H,3,6-8H2,1-2H3,(H,18,21)/t12-/m0/s1. The first-order chi connectivity index (χ1) is 9.95. The van der Waals surface area contributed by atoms with E-state index in [1.807, 2.05) is 6.92 Å². The normalized spacial score (nSPS) is 18.2. The van der Waals surface area contributed by atoms with E-state index in [9.17, 15) is 14.0 Å². The zero-order valence-corrected chi connectivity index (χ0v) is 12.8. The van der Waals surface area contributed by atoms with Gasteiger partial charge >= 0.3 is 0 Å². The van der Waals surface area contributed by atoms with Crippen molar-refractivity contribution in [3.05, 3.63) is 34.1 Å². The number of benzene rings is 1. The number of aryl methyl sites for hydroxylation is 1. The summed E-state index contributed by atoms with van der Waals surface area (Å²) in [7, 11) is 0. The molecule has 1 fully saturated rings. The molecule has 1 aliphatic rings. The highest BCUT2D eigenvalue weighted by Crippen LogP contribution is 2.22. The van der Waals surface area contributed by atoms with Crippen LogP contribution in [0, 0.1) is 12.7 Å². The number of nitrogens with zero attached hydrogens (tertiary/aromatic N) is 1. The molecule has 6 heteroatoms. The van der Waals surface area contributed by atoms with Gasteiger partial charge in [0.25, 0.3) is 0 Å². The Labute approximate surface area is 128 Å². The maximum Gasteiger partial charge on any atom is 0.243 e. The van der Waals surface area contributed by atoms with Crippen LogP contribution in [0.4, 0.5) is 4.39 Å². The first-order valence-corrected chi connectivity index (χ1v) is 7.34. The predicted molar refractivity (Wildman–Crippen MR) is 78.4 cm³/mol. The van der Waals surface area contributed by atoms with E-state index in [1.165, 1.54) is 0 Å². The van der Waals surface area contributed by atoms with Crippen LogP contribution in [0.1, 0.15) is 30.9 Å². The zero-order valence-electron chi connectivity index (χ0n) is 12.1. The molecule has 114 valence electrons. The van der Waals surface area contributed by atoms with Gasteiger partial charge in [-0.15, -0.1) is 0 Å². The first-order valence-electron chi connectivity index (χ1n) is 6.96. The summed E-state index contributed by atoms with van der Waals surface area (Å²) in [6.07, 6.45) is 0.883. The molecular formula is C15H18ClFN2O2. The van der Waals surface area contributed by atoms with Crippen LogP contribution in [0.3, 0.4) is 0 Å². The highest BCUT2D eigenvalue weighted by molar-refractivity contribution is 6.31. The van der Waals surface area contributed by atoms with E-state index in [0.29, 0.717) is 24.9 Å². The quantitative estimate of drug-likeness (QED) is 0.928. The Kier molecular flexibility index (Phi) is 4.83. The molecule has 1 aliphatic heterocycles. The molecular weight excluding hydrogens is 295 g/mol. The number of nitrogens with one attached hydrogen (secondary N) is 1. The molecule has 0 aromatic heterocycles. The summed E-state index contributed by atoms with van der Waals surface area (Å²) in [5.41, 5.74) is 0.757. The van der Waals surface area contributed by atoms with Gasteiger partial charge in [0, 0.05) is 30.1 Å². The number of carbonyl (C=O) groups is 2. The van der Waals surface area contributed by atoms with Crippen molar-refractivity contribution in [2.45, 2.75) is 39.3 Å². The van der Waals surface area contributed by atoms with E-state index in [1.54, 1.807) is 24.0 Å². The van der Waals surface area contributed by atoms with Crippen LogP contribution < -0.4 is 5.32 Å². The smallest absolute Gasteiger partial charge is 0.243 e. The van der Waals surface area contributed by atoms with Gasteiger partial charge < -0.3 is 10.2 Å². The summed E-state index contributed by atoms with van der Waals surface area (Å²) in [6, 6.07) is 2.74. The molecule has 0 spiro atoms. The Morgan fingerprint density at radius 1 is 1.52 bits per heavy atom. The third-order valence-corrected chi connectivity index (χ3v) is 4.14. The summed E-state index contributed by atoms with van der Waals surface area (Å²) in [5, 5.41) is 2.96. The average Bonchev–Trinajstić information content (AvgIpc) is 2.83. The number of likely N-dealkylation sites (N-methyl/N-ethyl adjacent to an activating group) is 1. The largest absolute Gasteiger partial charge is 0.350 e. The van der Waals surface area contributed by atoms with Gasteiger partial charge in [-0.1, -0.05) is 17.7 Å². The van der Waals surface area contributed by atoms with Crippen molar-refractivity contribution in [2.24, 2.45) is 0 Å². The first kappa shape index (κ1) is 15.8. The lowest BCUT2D eigenvalue weighted by atomic mass is 10.1. The summed E-state index contributed by atoms with van der Waals surface area (Å²) in [4.78, 5) is 25.3. The summed E-state index contributed by atoms with van der Waals surface area (Å²) >= 11 is 5.97. The lowest BCUT2D eigenvalue weighted by Crippen LogP contribution is -2.44. The van der Waals surface area contributed by atoms with E-state index in [4.69, 9.17) is 11.6 Å². The fourth-order valence-electron chi connectivity index (χ4n) is 2.57. The molecule has 1 aromatic rings. The minimum Gasteiger partial charge on any atom is -0.350 e. The van der Waals surface area contributed by atoms with Crippen molar-refractivity contribution < 1.29 is 14.0 Å². The maximum atomic E-state index is 14.0. The number of carbonyl (C=O) groups excluding carboxylic acids is 2. The lowest BCUT2D eigenvalue weighted by molar-refractivity contribution is -0.135. The van der Waals surface area contributed by atoms with Crippen molar-refractivity contribution in [1.82, 2.24) is 10.2 Å². The van der Waals surface area contributed by atoms with Gasteiger partial charge in [-0.05, 0) is 31.9 Å². The highest BCUT2D eigenvalue weighted by Gasteiger charge is 2.34. The van der Waals surface area contributed by atoms with Crippen LogP contribution in [0.2, 0.25) is 5.02 Å². The van der Waals surface area contributed by atoms with Crippen molar-refractivity contribution in [1.29, 1.82) is 0 Å². The molecule has 1 heterocycles. The van der Waals surface area contributed by atoms with E-state index in [-0.39, 0.29) is 28.9 Å². The zero-order chi connectivity index (χ0) is 15.6. The van der Waals surface area contributed by atoms with Gasteiger partial charge in [-0.25, -0.2) is 4.39 Å². The van der Waals surface area contributed by atoms with Crippen molar-refractivity contribution in [2.75, 3.05) is 6.54 Å². The van der Waals surface area contributed by atoms with Gasteiger partial charge in [0.05, 0.1) is 0 Å². The average molecular weight is 313 g/mol. The molecule has 1 saturated heterocycles. The van der Waals surface area contributed by atoms with Crippen LogP contribution in [-0.2, 0) is 16.1 Å². The summed E-state index contributed by atoms with van der Waals surface area (Å²) in [5.74, 6) is -0.685. The fourth-order valence-corrected chi connectivity index (χ4v) is 2.79. The number of amides is 2. The van der Waals surface area contributed by atoms with Gasteiger partial charge in [0.1, 0.15) is 11.9 Å². The third-order valence-electron chi connectivity index (χ3n) is 3.79. The summed E-state index contributed by atoms with van der Waals surface area (Å²) in [6.45, 7) is 4.00. The third kappa shape index (κ3) is 3.18. The van der Waals surface area contributed by atoms with E-state index >= 15 is 0 Å². The second kappa shape index (κ2) is 6.43. The van der Waals surface area contributed by atoms with Gasteiger partial charge in [0.15, 0.2) is 0 Å². The van der Waals surface area contributed by atoms with Crippen LogP contribution in [-0.4, -0.2) is 29.3 Å². The Morgan fingerprint density at radius 2 is 2.24 bits per heavy atom. The van der Waals surface area contributed by atoms with Crippen LogP contribution in [0.5, 0.6) is 0 Å². The molecule has 21 heavy (non-hydrogen) atoms. The molecule has 0 radical (unpaired) electrons. The molecule has 0 unspecified atom stereocenters. The van der Waals surface area contributed by atoms with E-state index in [2.05, 4.69) is 5.32 Å². The second-order valence-corrected chi connectivity index (χ2v) is 5.52. The minimum absolute atomic E-state index is 0.0163. The minimum atomic E-state index is -0.464. The predicted octanol–water partition coefficient (Wildman–Crippen LogP) is 2.41. The van der Waals surface area contributed by atoms with Gasteiger partial charge in [0.2, 0.25) is 11.8 Å². The lowest BCUT2D eigenvalue weighted by Gasteiger charge is -2.22. The summed E-state index contributed by atoms with van der Waals surface area (Å²) < 4.78 is 14.0. The molecule has 1 aromatic carbocycles. The number of likely N-dealkylation sites (tertiary alicyclic amines) is 1. The molecule has 4 nitrogen and oxygen atoms in total. The Morgan fingerprint density at radius 3 is 2.90 bits per heavy atom. The number of halogens is 2. The Bertz CT molecular complexity index is 577. The number of hydrogen-bond donors (Lipinski definition) is 1. The van der Waals surface area contributed by atoms with Crippen molar-refractivity contribution >= 4 is 23.4 Å². The van der Waals surface area contributed by atoms with E-state index < -0.39 is 11.9 Å². The number of rotatable bonds is 4. The molecule has 1 N–H and O–H groups in total. The SMILES string of the molecule is CCN1C(=O)CC[C@H]1C(=O)NCc1c(Cl)ccc(C)c1F. The molecule has 0 saturated carbocycles. The van der Waals surface area contributed by atoms with Gasteiger partial charge in [-0.3, -0.25) is 9.59 Å². The Balaban J connectivity index is 2.05. The van der Waals surface area contributed by atoms with Crippen LogP contribution in [0.25, 0.3) is 0 Å². The van der Waals surface area contributed by atoms with Crippen molar-refractivity contribution in [3.63, 3.8) is 0 Å².